The Morgan fingerprint density at radius 1 is 1.65 bits per heavy atom. The summed E-state index contributed by atoms with van der Waals surface area (Å²) in [7, 11) is -1.95. The van der Waals surface area contributed by atoms with E-state index in [1.807, 2.05) is 13.2 Å². The van der Waals surface area contributed by atoms with Crippen LogP contribution in [0.4, 0.5) is 0 Å². The molecule has 1 aromatic rings. The molecule has 0 fully saturated rings. The Labute approximate surface area is 111 Å². The van der Waals surface area contributed by atoms with E-state index in [2.05, 4.69) is 9.71 Å². The Bertz CT molecular complexity index is 473. The van der Waals surface area contributed by atoms with E-state index in [1.54, 1.807) is 18.8 Å². The van der Waals surface area contributed by atoms with Gasteiger partial charge in [-0.25, -0.2) is 18.1 Å². The highest BCUT2D eigenvalue weighted by atomic mass is 35.5. The summed E-state index contributed by atoms with van der Waals surface area (Å²) in [5.41, 5.74) is 0. The number of imidazole rings is 1. The number of hydrogen-bond donors (Lipinski definition) is 1. The molecule has 1 aromatic heterocycles. The van der Waals surface area contributed by atoms with E-state index < -0.39 is 10.0 Å². The highest BCUT2D eigenvalue weighted by Gasteiger charge is 2.21. The van der Waals surface area contributed by atoms with E-state index in [0.29, 0.717) is 11.8 Å². The lowest BCUT2D eigenvalue weighted by Gasteiger charge is -2.08. The van der Waals surface area contributed by atoms with Gasteiger partial charge in [0.2, 0.25) is 5.03 Å². The molecule has 0 saturated heterocycles. The molecule has 0 spiro atoms. The number of thioether (sulfide) groups is 1. The Balaban J connectivity index is 2.67. The predicted octanol–water partition coefficient (Wildman–Crippen LogP) is 1.49. The molecule has 1 heterocycles. The van der Waals surface area contributed by atoms with Crippen LogP contribution in [0.25, 0.3) is 0 Å². The maximum Gasteiger partial charge on any atom is 0.261 e. The highest BCUT2D eigenvalue weighted by Crippen LogP contribution is 2.18. The van der Waals surface area contributed by atoms with Crippen molar-refractivity contribution < 1.29 is 8.42 Å². The highest BCUT2D eigenvalue weighted by molar-refractivity contribution is 7.99. The Morgan fingerprint density at radius 2 is 2.29 bits per heavy atom. The zero-order valence-corrected chi connectivity index (χ0v) is 12.4. The lowest BCUT2D eigenvalue weighted by Crippen LogP contribution is -2.26. The maximum atomic E-state index is 11.9. The zero-order chi connectivity index (χ0) is 13.1. The molecule has 1 N–H and O–H groups in total. The van der Waals surface area contributed by atoms with Gasteiger partial charge in [0.15, 0.2) is 0 Å². The summed E-state index contributed by atoms with van der Waals surface area (Å²) in [6.45, 7) is 2.43. The largest absolute Gasteiger partial charge is 0.324 e. The molecule has 17 heavy (non-hydrogen) atoms. The van der Waals surface area contributed by atoms with Gasteiger partial charge in [-0.1, -0.05) is 18.5 Å². The molecule has 0 radical (unpaired) electrons. The first-order valence-corrected chi connectivity index (χ1v) is 8.22. The molecule has 8 heteroatoms. The first-order chi connectivity index (χ1) is 7.88. The van der Waals surface area contributed by atoms with Crippen LogP contribution in [0.5, 0.6) is 0 Å². The van der Waals surface area contributed by atoms with Gasteiger partial charge in [0.05, 0.1) is 6.33 Å². The standard InChI is InChI=1S/C9H16ClN3O2S2/c1-7(16-3)4-5-12-17(14,15)9-8(10)13(2)6-11-9/h6-7,12H,4-5H2,1-3H3. The van der Waals surface area contributed by atoms with Crippen molar-refractivity contribution in [3.63, 3.8) is 0 Å². The van der Waals surface area contributed by atoms with Gasteiger partial charge < -0.3 is 4.57 Å². The molecule has 1 unspecified atom stereocenters. The van der Waals surface area contributed by atoms with E-state index >= 15 is 0 Å². The van der Waals surface area contributed by atoms with Crippen LogP contribution < -0.4 is 4.72 Å². The van der Waals surface area contributed by atoms with E-state index in [-0.39, 0.29) is 10.2 Å². The maximum absolute atomic E-state index is 11.9. The lowest BCUT2D eigenvalue weighted by atomic mass is 10.3. The molecule has 0 aliphatic rings. The molecular weight excluding hydrogens is 282 g/mol. The molecule has 1 rings (SSSR count). The van der Waals surface area contributed by atoms with Gasteiger partial charge in [0, 0.05) is 18.8 Å². The van der Waals surface area contributed by atoms with Crippen LogP contribution in [0.2, 0.25) is 5.15 Å². The molecule has 1 atom stereocenters. The molecular formula is C9H16ClN3O2S2. The van der Waals surface area contributed by atoms with Crippen LogP contribution >= 0.6 is 23.4 Å². The molecule has 0 aromatic carbocycles. The molecule has 98 valence electrons. The van der Waals surface area contributed by atoms with Crippen molar-refractivity contribution in [3.05, 3.63) is 11.5 Å². The summed E-state index contributed by atoms with van der Waals surface area (Å²) in [5, 5.41) is 0.422. The van der Waals surface area contributed by atoms with Crippen molar-refractivity contribution in [3.8, 4) is 0 Å². The van der Waals surface area contributed by atoms with Gasteiger partial charge in [0.1, 0.15) is 5.15 Å². The van der Waals surface area contributed by atoms with Crippen molar-refractivity contribution in [2.75, 3.05) is 12.8 Å². The summed E-state index contributed by atoms with van der Waals surface area (Å²) in [4.78, 5) is 3.78. The van der Waals surface area contributed by atoms with Crippen molar-refractivity contribution in [1.82, 2.24) is 14.3 Å². The van der Waals surface area contributed by atoms with Crippen molar-refractivity contribution >= 4 is 33.4 Å². The van der Waals surface area contributed by atoms with Crippen LogP contribution in [-0.2, 0) is 17.1 Å². The number of halogens is 1. The van der Waals surface area contributed by atoms with Crippen LogP contribution in [-0.4, -0.2) is 36.0 Å². The van der Waals surface area contributed by atoms with Crippen LogP contribution in [0.3, 0.4) is 0 Å². The lowest BCUT2D eigenvalue weighted by molar-refractivity contribution is 0.575. The Kier molecular flexibility index (Phi) is 5.30. The third-order valence-electron chi connectivity index (χ3n) is 2.33. The van der Waals surface area contributed by atoms with E-state index in [4.69, 9.17) is 11.6 Å². The second kappa shape index (κ2) is 6.08. The number of nitrogens with zero attached hydrogens (tertiary/aromatic N) is 2. The zero-order valence-electron chi connectivity index (χ0n) is 9.97. The van der Waals surface area contributed by atoms with Gasteiger partial charge in [-0.15, -0.1) is 0 Å². The van der Waals surface area contributed by atoms with E-state index in [1.165, 1.54) is 10.9 Å². The average molecular weight is 298 g/mol. The SMILES string of the molecule is CSC(C)CCNS(=O)(=O)c1ncn(C)c1Cl. The third kappa shape index (κ3) is 3.87. The summed E-state index contributed by atoms with van der Waals surface area (Å²) in [6, 6.07) is 0. The third-order valence-corrected chi connectivity index (χ3v) is 5.32. The average Bonchev–Trinajstić information content (AvgIpc) is 2.59. The number of aromatic nitrogens is 2. The molecule has 0 aliphatic carbocycles. The first-order valence-electron chi connectivity index (χ1n) is 5.07. The second-order valence-electron chi connectivity index (χ2n) is 3.68. The topological polar surface area (TPSA) is 64.0 Å². The number of rotatable bonds is 6. The number of sulfonamides is 1. The smallest absolute Gasteiger partial charge is 0.261 e. The van der Waals surface area contributed by atoms with Crippen molar-refractivity contribution in [1.29, 1.82) is 0 Å². The molecule has 0 saturated carbocycles. The normalized spacial score (nSPS) is 13.9. The summed E-state index contributed by atoms with van der Waals surface area (Å²) < 4.78 is 27.7. The molecule has 0 amide bonds. The second-order valence-corrected chi connectivity index (χ2v) is 7.00. The van der Waals surface area contributed by atoms with Gasteiger partial charge in [0.25, 0.3) is 10.0 Å². The first kappa shape index (κ1) is 14.8. The van der Waals surface area contributed by atoms with Crippen LogP contribution in [0.15, 0.2) is 11.4 Å². The van der Waals surface area contributed by atoms with Gasteiger partial charge in [-0.05, 0) is 12.7 Å². The number of hydrogen-bond acceptors (Lipinski definition) is 4. The number of nitrogens with one attached hydrogen (secondary N) is 1. The summed E-state index contributed by atoms with van der Waals surface area (Å²) >= 11 is 7.54. The molecule has 0 aliphatic heterocycles. The Hall–Kier alpha value is -0.240. The minimum absolute atomic E-state index is 0.113. The van der Waals surface area contributed by atoms with Gasteiger partial charge in [-0.2, -0.15) is 11.8 Å². The fourth-order valence-electron chi connectivity index (χ4n) is 1.16. The minimum atomic E-state index is -3.60. The fourth-order valence-corrected chi connectivity index (χ4v) is 2.98. The predicted molar refractivity (Wildman–Crippen MR) is 71.0 cm³/mol. The van der Waals surface area contributed by atoms with Crippen molar-refractivity contribution in [2.24, 2.45) is 7.05 Å². The van der Waals surface area contributed by atoms with E-state index in [9.17, 15) is 8.42 Å². The minimum Gasteiger partial charge on any atom is -0.324 e. The fraction of sp³-hybridized carbons (Fsp3) is 0.667. The summed E-state index contributed by atoms with van der Waals surface area (Å²) in [6.07, 6.45) is 4.14. The van der Waals surface area contributed by atoms with Crippen LogP contribution in [0, 0.1) is 0 Å². The van der Waals surface area contributed by atoms with Crippen molar-refractivity contribution in [2.45, 2.75) is 23.6 Å². The van der Waals surface area contributed by atoms with Crippen LogP contribution in [0.1, 0.15) is 13.3 Å². The molecule has 0 bridgehead atoms. The Morgan fingerprint density at radius 3 is 2.76 bits per heavy atom. The monoisotopic (exact) mass is 297 g/mol. The number of aryl methyl sites for hydroxylation is 1. The van der Waals surface area contributed by atoms with E-state index in [0.717, 1.165) is 6.42 Å². The van der Waals surface area contributed by atoms with Gasteiger partial charge >= 0.3 is 0 Å². The summed E-state index contributed by atoms with van der Waals surface area (Å²) in [5.74, 6) is 0. The molecule has 5 nitrogen and oxygen atoms in total. The quantitative estimate of drug-likeness (QED) is 0.864. The van der Waals surface area contributed by atoms with Gasteiger partial charge in [-0.3, -0.25) is 0 Å².